The van der Waals surface area contributed by atoms with Gasteiger partial charge in [0.25, 0.3) is 0 Å². The predicted molar refractivity (Wildman–Crippen MR) is 101 cm³/mol. The Morgan fingerprint density at radius 2 is 2.08 bits per heavy atom. The molecule has 2 aromatic heterocycles. The van der Waals surface area contributed by atoms with Crippen LogP contribution in [-0.4, -0.2) is 22.3 Å². The average Bonchev–Trinajstić information content (AvgIpc) is 2.88. The van der Waals surface area contributed by atoms with Gasteiger partial charge in [0.2, 0.25) is 0 Å². The molecule has 0 fully saturated rings. The summed E-state index contributed by atoms with van der Waals surface area (Å²) in [6, 6.07) is 10.6. The Morgan fingerprint density at radius 3 is 2.73 bits per heavy atom. The number of carbonyl (C=O) groups excluding carboxylic acids is 1. The minimum atomic E-state index is -0.477. The molecule has 3 aromatic rings. The zero-order valence-corrected chi connectivity index (χ0v) is 15.7. The lowest BCUT2D eigenvalue weighted by Gasteiger charge is -2.08. The lowest BCUT2D eigenvalue weighted by molar-refractivity contribution is 0.154. The average molecular weight is 388 g/mol. The fraction of sp³-hybridized carbons (Fsp3) is 0.211. The van der Waals surface area contributed by atoms with E-state index in [1.807, 2.05) is 19.1 Å². The number of nitrogens with zero attached hydrogens (tertiary/aromatic N) is 3. The molecule has 0 N–H and O–H groups in total. The second kappa shape index (κ2) is 7.36. The minimum absolute atomic E-state index is 0.264. The lowest BCUT2D eigenvalue weighted by Crippen LogP contribution is -2.15. The number of ether oxygens (including phenoxy) is 1. The van der Waals surface area contributed by atoms with Crippen LogP contribution < -0.4 is 0 Å². The molecule has 0 aliphatic heterocycles. The first kappa shape index (κ1) is 18.2. The van der Waals surface area contributed by atoms with Gasteiger partial charge in [0, 0.05) is 27.7 Å². The number of rotatable bonds is 3. The third-order valence-corrected chi connectivity index (χ3v) is 4.71. The summed E-state index contributed by atoms with van der Waals surface area (Å²) < 4.78 is 6.64. The molecule has 132 valence electrons. The highest BCUT2D eigenvalue weighted by atomic mass is 35.5. The molecule has 0 saturated heterocycles. The Morgan fingerprint density at radius 1 is 1.31 bits per heavy atom. The maximum atomic E-state index is 12.4. The molecule has 0 aliphatic rings. The van der Waals surface area contributed by atoms with Gasteiger partial charge in [0.1, 0.15) is 11.8 Å². The largest absolute Gasteiger partial charge is 0.449 e. The molecule has 0 aliphatic carbocycles. The normalized spacial score (nSPS) is 10.7. The minimum Gasteiger partial charge on any atom is -0.449 e. The molecule has 0 unspecified atom stereocenters. The van der Waals surface area contributed by atoms with Crippen molar-refractivity contribution in [1.29, 1.82) is 5.26 Å². The molecule has 2 heterocycles. The summed E-state index contributed by atoms with van der Waals surface area (Å²) in [5.41, 5.74) is 3.83. The van der Waals surface area contributed by atoms with Gasteiger partial charge in [-0.1, -0.05) is 29.3 Å². The first-order valence-corrected chi connectivity index (χ1v) is 8.74. The number of hydrogen-bond acceptors (Lipinski definition) is 4. The van der Waals surface area contributed by atoms with Crippen molar-refractivity contribution < 1.29 is 9.53 Å². The summed E-state index contributed by atoms with van der Waals surface area (Å²) in [6.07, 6.45) is -0.0259. The number of halogens is 2. The van der Waals surface area contributed by atoms with Crippen LogP contribution in [0.25, 0.3) is 11.0 Å². The number of benzene rings is 1. The molecule has 0 radical (unpaired) electrons. The molecule has 3 rings (SSSR count). The van der Waals surface area contributed by atoms with Crippen LogP contribution in [0.1, 0.15) is 29.4 Å². The van der Waals surface area contributed by atoms with Crippen molar-refractivity contribution in [2.24, 2.45) is 0 Å². The van der Waals surface area contributed by atoms with Gasteiger partial charge in [0.05, 0.1) is 17.6 Å². The van der Waals surface area contributed by atoms with Gasteiger partial charge in [-0.15, -0.1) is 0 Å². The standard InChI is InChI=1S/C19H15Cl2N3O2/c1-3-26-19(25)24-11(2)15(8-12-4-5-13(20)9-16(12)21)18-17(24)7-6-14(10-22)23-18/h4-7,9H,3,8H2,1-2H3. The van der Waals surface area contributed by atoms with E-state index in [2.05, 4.69) is 4.98 Å². The number of fused-ring (bicyclic) bond motifs is 1. The fourth-order valence-electron chi connectivity index (χ4n) is 2.89. The molecule has 0 amide bonds. The predicted octanol–water partition coefficient (Wildman–Crippen LogP) is 5.12. The van der Waals surface area contributed by atoms with Crippen LogP contribution in [0.2, 0.25) is 10.0 Å². The molecule has 0 saturated carbocycles. The summed E-state index contributed by atoms with van der Waals surface area (Å²) in [7, 11) is 0. The molecule has 0 spiro atoms. The zero-order chi connectivity index (χ0) is 18.8. The number of nitriles is 1. The van der Waals surface area contributed by atoms with Gasteiger partial charge in [-0.05, 0) is 43.7 Å². The van der Waals surface area contributed by atoms with E-state index in [1.54, 1.807) is 31.2 Å². The van der Waals surface area contributed by atoms with Crippen LogP contribution in [0.4, 0.5) is 4.79 Å². The second-order valence-corrected chi connectivity index (χ2v) is 6.53. The summed E-state index contributed by atoms with van der Waals surface area (Å²) >= 11 is 12.3. The highest BCUT2D eigenvalue weighted by Gasteiger charge is 2.21. The molecular weight excluding hydrogens is 373 g/mol. The quantitative estimate of drug-likeness (QED) is 0.625. The van der Waals surface area contributed by atoms with Gasteiger partial charge in [-0.25, -0.2) is 14.3 Å². The van der Waals surface area contributed by atoms with Gasteiger partial charge in [-0.2, -0.15) is 5.26 Å². The van der Waals surface area contributed by atoms with Crippen LogP contribution in [0.15, 0.2) is 30.3 Å². The van der Waals surface area contributed by atoms with E-state index in [-0.39, 0.29) is 12.3 Å². The number of hydrogen-bond donors (Lipinski definition) is 0. The molecule has 0 bridgehead atoms. The van der Waals surface area contributed by atoms with E-state index in [1.165, 1.54) is 4.57 Å². The number of pyridine rings is 1. The Kier molecular flexibility index (Phi) is 5.17. The summed E-state index contributed by atoms with van der Waals surface area (Å²) in [4.78, 5) is 16.8. The Bertz CT molecular complexity index is 1050. The smallest absolute Gasteiger partial charge is 0.418 e. The summed E-state index contributed by atoms with van der Waals surface area (Å²) in [6.45, 7) is 3.84. The van der Waals surface area contributed by atoms with Crippen molar-refractivity contribution in [2.75, 3.05) is 6.61 Å². The van der Waals surface area contributed by atoms with Crippen molar-refractivity contribution in [1.82, 2.24) is 9.55 Å². The van der Waals surface area contributed by atoms with E-state index < -0.39 is 6.09 Å². The summed E-state index contributed by atoms with van der Waals surface area (Å²) in [5.74, 6) is 0. The zero-order valence-electron chi connectivity index (χ0n) is 14.2. The third kappa shape index (κ3) is 3.26. The second-order valence-electron chi connectivity index (χ2n) is 5.69. The van der Waals surface area contributed by atoms with Crippen LogP contribution in [-0.2, 0) is 11.2 Å². The highest BCUT2D eigenvalue weighted by molar-refractivity contribution is 6.35. The van der Waals surface area contributed by atoms with E-state index >= 15 is 0 Å². The summed E-state index contributed by atoms with van der Waals surface area (Å²) in [5, 5.41) is 10.3. The van der Waals surface area contributed by atoms with Gasteiger partial charge in [0.15, 0.2) is 0 Å². The first-order chi connectivity index (χ1) is 12.5. The molecule has 5 nitrogen and oxygen atoms in total. The first-order valence-electron chi connectivity index (χ1n) is 7.98. The van der Waals surface area contributed by atoms with Crippen LogP contribution in [0.3, 0.4) is 0 Å². The maximum absolute atomic E-state index is 12.4. The third-order valence-electron chi connectivity index (χ3n) is 4.12. The van der Waals surface area contributed by atoms with Crippen LogP contribution in [0.5, 0.6) is 0 Å². The number of carbonyl (C=O) groups is 1. The monoisotopic (exact) mass is 387 g/mol. The maximum Gasteiger partial charge on any atom is 0.418 e. The van der Waals surface area contributed by atoms with Gasteiger partial charge < -0.3 is 4.74 Å². The topological polar surface area (TPSA) is 67.9 Å². The molecule has 1 aromatic carbocycles. The SMILES string of the molecule is CCOC(=O)n1c(C)c(Cc2ccc(Cl)cc2Cl)c2nc(C#N)ccc21. The van der Waals surface area contributed by atoms with Crippen molar-refractivity contribution >= 4 is 40.3 Å². The highest BCUT2D eigenvalue weighted by Crippen LogP contribution is 2.30. The van der Waals surface area contributed by atoms with Gasteiger partial charge in [-0.3, -0.25) is 0 Å². The van der Waals surface area contributed by atoms with E-state index in [0.717, 1.165) is 11.1 Å². The van der Waals surface area contributed by atoms with E-state index in [4.69, 9.17) is 27.9 Å². The van der Waals surface area contributed by atoms with Gasteiger partial charge >= 0.3 is 6.09 Å². The van der Waals surface area contributed by atoms with Crippen molar-refractivity contribution in [2.45, 2.75) is 20.3 Å². The lowest BCUT2D eigenvalue weighted by atomic mass is 10.0. The Labute approximate surface area is 160 Å². The Balaban J connectivity index is 2.21. The number of aromatic nitrogens is 2. The van der Waals surface area contributed by atoms with Crippen LogP contribution in [0, 0.1) is 18.3 Å². The van der Waals surface area contributed by atoms with Crippen molar-refractivity contribution in [3.63, 3.8) is 0 Å². The Hall–Kier alpha value is -2.55. The van der Waals surface area contributed by atoms with Crippen molar-refractivity contribution in [3.8, 4) is 6.07 Å². The van der Waals surface area contributed by atoms with Crippen molar-refractivity contribution in [3.05, 3.63) is 62.9 Å². The fourth-order valence-corrected chi connectivity index (χ4v) is 3.37. The van der Waals surface area contributed by atoms with Crippen LogP contribution >= 0.6 is 23.2 Å². The molecule has 0 atom stereocenters. The molecular formula is C19H15Cl2N3O2. The molecule has 26 heavy (non-hydrogen) atoms. The molecule has 7 heteroatoms. The van der Waals surface area contributed by atoms with E-state index in [9.17, 15) is 10.1 Å². The van der Waals surface area contributed by atoms with E-state index in [0.29, 0.717) is 33.2 Å².